The molecule has 0 aliphatic heterocycles. The number of aromatic nitrogens is 4. The molecular weight excluding hydrogens is 448 g/mol. The van der Waals surface area contributed by atoms with Crippen molar-refractivity contribution in [2.75, 3.05) is 5.32 Å². The smallest absolute Gasteiger partial charge is 0.349 e. The van der Waals surface area contributed by atoms with E-state index in [1.165, 1.54) is 22.4 Å². The van der Waals surface area contributed by atoms with Crippen molar-refractivity contribution in [2.45, 2.75) is 44.7 Å². The highest BCUT2D eigenvalue weighted by Gasteiger charge is 2.20. The Labute approximate surface area is 200 Å². The number of hydrogen-bond acceptors (Lipinski definition) is 5. The number of rotatable bonds is 5. The van der Waals surface area contributed by atoms with Crippen LogP contribution < -0.4 is 21.9 Å². The van der Waals surface area contributed by atoms with Gasteiger partial charge in [0.1, 0.15) is 6.54 Å². The van der Waals surface area contributed by atoms with Gasteiger partial charge in [-0.25, -0.2) is 13.9 Å². The molecule has 2 N–H and O–H groups in total. The van der Waals surface area contributed by atoms with Crippen molar-refractivity contribution in [2.24, 2.45) is 7.05 Å². The van der Waals surface area contributed by atoms with Gasteiger partial charge in [-0.2, -0.15) is 0 Å². The second-order valence-corrected chi connectivity index (χ2v) is 8.89. The van der Waals surface area contributed by atoms with Crippen LogP contribution in [0, 0.1) is 0 Å². The highest BCUT2D eigenvalue weighted by Crippen LogP contribution is 2.19. The number of amides is 2. The topological polar surface area (TPSA) is 120 Å². The molecule has 1 aliphatic carbocycles. The monoisotopic (exact) mass is 474 g/mol. The van der Waals surface area contributed by atoms with Gasteiger partial charge in [-0.15, -0.1) is 5.10 Å². The molecule has 1 fully saturated rings. The summed E-state index contributed by atoms with van der Waals surface area (Å²) in [6.45, 7) is -0.326. The molecule has 0 bridgehead atoms. The lowest BCUT2D eigenvalue weighted by molar-refractivity contribution is -0.117. The Bertz CT molecular complexity index is 1540. The van der Waals surface area contributed by atoms with E-state index in [4.69, 9.17) is 0 Å². The Morgan fingerprint density at radius 1 is 1.03 bits per heavy atom. The van der Waals surface area contributed by atoms with Crippen LogP contribution in [0.15, 0.2) is 58.1 Å². The zero-order valence-corrected chi connectivity index (χ0v) is 19.4. The van der Waals surface area contributed by atoms with Crippen LogP contribution in [0.1, 0.15) is 42.5 Å². The molecule has 2 amide bonds. The maximum atomic E-state index is 13.3. The molecule has 5 rings (SSSR count). The third-order valence-corrected chi connectivity index (χ3v) is 6.45. The first-order valence-electron chi connectivity index (χ1n) is 11.7. The summed E-state index contributed by atoms with van der Waals surface area (Å²) in [6, 6.07) is 13.7. The Morgan fingerprint density at radius 2 is 1.77 bits per heavy atom. The summed E-state index contributed by atoms with van der Waals surface area (Å²) in [6.07, 6.45) is 5.25. The van der Waals surface area contributed by atoms with Crippen LogP contribution in [-0.4, -0.2) is 36.6 Å². The normalized spacial score (nSPS) is 14.3. The second kappa shape index (κ2) is 9.21. The second-order valence-electron chi connectivity index (χ2n) is 8.89. The van der Waals surface area contributed by atoms with Gasteiger partial charge in [0, 0.05) is 24.3 Å². The molecule has 1 aliphatic rings. The van der Waals surface area contributed by atoms with Gasteiger partial charge < -0.3 is 10.6 Å². The first-order valence-corrected chi connectivity index (χ1v) is 11.7. The lowest BCUT2D eigenvalue weighted by Crippen LogP contribution is -2.36. The quantitative estimate of drug-likeness (QED) is 0.459. The maximum Gasteiger partial charge on any atom is 0.352 e. The summed E-state index contributed by atoms with van der Waals surface area (Å²) >= 11 is 0. The van der Waals surface area contributed by atoms with Crippen molar-refractivity contribution in [3.05, 3.63) is 74.9 Å². The number of nitrogens with zero attached hydrogens (tertiary/aromatic N) is 4. The van der Waals surface area contributed by atoms with Crippen molar-refractivity contribution in [1.29, 1.82) is 0 Å². The standard InChI is InChI=1S/C25H26N6O4/c1-29-23(34)19-13-12-16(22(33)27-18-10-6-3-7-11-18)14-20(19)31-24(29)28-30(25(31)35)15-21(32)26-17-8-4-2-5-9-17/h2,4-5,8-9,12-14,18H,3,6-7,10-11,15H2,1H3,(H,26,32)(H,27,33). The van der Waals surface area contributed by atoms with E-state index in [1.807, 2.05) is 6.07 Å². The average Bonchev–Trinajstić information content (AvgIpc) is 3.19. The molecule has 0 spiro atoms. The summed E-state index contributed by atoms with van der Waals surface area (Å²) in [5, 5.41) is 10.3. The summed E-state index contributed by atoms with van der Waals surface area (Å²) in [5.74, 6) is -0.580. The van der Waals surface area contributed by atoms with E-state index in [-0.39, 0.29) is 40.7 Å². The number of para-hydroxylation sites is 1. The van der Waals surface area contributed by atoms with Gasteiger partial charge >= 0.3 is 5.69 Å². The fourth-order valence-electron chi connectivity index (χ4n) is 4.61. The number of hydrogen-bond donors (Lipinski definition) is 2. The van der Waals surface area contributed by atoms with Crippen molar-refractivity contribution in [3.8, 4) is 0 Å². The third kappa shape index (κ3) is 4.34. The number of carbonyl (C=O) groups excluding carboxylic acids is 2. The molecular formula is C25H26N6O4. The Hall–Kier alpha value is -4.21. The molecule has 0 radical (unpaired) electrons. The molecule has 0 atom stereocenters. The van der Waals surface area contributed by atoms with E-state index in [0.29, 0.717) is 11.3 Å². The Balaban J connectivity index is 1.52. The van der Waals surface area contributed by atoms with Crippen LogP contribution in [0.25, 0.3) is 16.7 Å². The van der Waals surface area contributed by atoms with Gasteiger partial charge in [0.05, 0.1) is 10.9 Å². The summed E-state index contributed by atoms with van der Waals surface area (Å²) < 4.78 is 3.54. The van der Waals surface area contributed by atoms with Crippen LogP contribution in [0.4, 0.5) is 5.69 Å². The van der Waals surface area contributed by atoms with E-state index < -0.39 is 11.6 Å². The summed E-state index contributed by atoms with van der Waals surface area (Å²) in [7, 11) is 1.52. The van der Waals surface area contributed by atoms with Gasteiger partial charge in [0.2, 0.25) is 11.7 Å². The lowest BCUT2D eigenvalue weighted by atomic mass is 9.95. The maximum absolute atomic E-state index is 13.3. The average molecular weight is 475 g/mol. The van der Waals surface area contributed by atoms with Crippen LogP contribution in [0.5, 0.6) is 0 Å². The van der Waals surface area contributed by atoms with Gasteiger partial charge in [-0.1, -0.05) is 37.5 Å². The molecule has 35 heavy (non-hydrogen) atoms. The number of fused-ring (bicyclic) bond motifs is 3. The van der Waals surface area contributed by atoms with E-state index in [2.05, 4.69) is 15.7 Å². The van der Waals surface area contributed by atoms with Crippen molar-refractivity contribution in [1.82, 2.24) is 24.1 Å². The van der Waals surface area contributed by atoms with Crippen LogP contribution in [-0.2, 0) is 18.4 Å². The van der Waals surface area contributed by atoms with Crippen molar-refractivity contribution >= 4 is 34.2 Å². The summed E-state index contributed by atoms with van der Waals surface area (Å²) in [5.41, 5.74) is 0.310. The SMILES string of the molecule is Cn1c(=O)c2ccc(C(=O)NC3CCCCC3)cc2n2c(=O)n(CC(=O)Nc3ccccc3)nc12. The van der Waals surface area contributed by atoms with E-state index in [9.17, 15) is 19.2 Å². The predicted molar refractivity (Wildman–Crippen MR) is 132 cm³/mol. The number of anilines is 1. The number of carbonyl (C=O) groups is 2. The van der Waals surface area contributed by atoms with Crippen LogP contribution in [0.3, 0.4) is 0 Å². The molecule has 10 nitrogen and oxygen atoms in total. The number of nitrogens with one attached hydrogen (secondary N) is 2. The molecule has 0 saturated heterocycles. The molecule has 0 unspecified atom stereocenters. The minimum atomic E-state index is -0.575. The molecule has 1 saturated carbocycles. The van der Waals surface area contributed by atoms with Gasteiger partial charge in [0.15, 0.2) is 0 Å². The van der Waals surface area contributed by atoms with E-state index >= 15 is 0 Å². The largest absolute Gasteiger partial charge is 0.352 e. The minimum absolute atomic E-state index is 0.0878. The van der Waals surface area contributed by atoms with Crippen molar-refractivity contribution < 1.29 is 9.59 Å². The van der Waals surface area contributed by atoms with Gasteiger partial charge in [-0.3, -0.25) is 19.0 Å². The van der Waals surface area contributed by atoms with Crippen LogP contribution >= 0.6 is 0 Å². The molecule has 4 aromatic rings. The fourth-order valence-corrected chi connectivity index (χ4v) is 4.61. The number of aryl methyl sites for hydroxylation is 1. The van der Waals surface area contributed by atoms with E-state index in [1.54, 1.807) is 42.5 Å². The lowest BCUT2D eigenvalue weighted by Gasteiger charge is -2.22. The van der Waals surface area contributed by atoms with Crippen LogP contribution in [0.2, 0.25) is 0 Å². The van der Waals surface area contributed by atoms with Gasteiger partial charge in [-0.05, 0) is 43.2 Å². The molecule has 2 aromatic heterocycles. The first-order chi connectivity index (χ1) is 16.9. The molecule has 180 valence electrons. The zero-order valence-electron chi connectivity index (χ0n) is 19.4. The molecule has 2 heterocycles. The minimum Gasteiger partial charge on any atom is -0.349 e. The Morgan fingerprint density at radius 3 is 2.51 bits per heavy atom. The highest BCUT2D eigenvalue weighted by molar-refractivity contribution is 5.98. The fraction of sp³-hybridized carbons (Fsp3) is 0.320. The Kier molecular flexibility index (Phi) is 5.94. The van der Waals surface area contributed by atoms with Gasteiger partial charge in [0.25, 0.3) is 11.5 Å². The van der Waals surface area contributed by atoms with Crippen molar-refractivity contribution in [3.63, 3.8) is 0 Å². The zero-order chi connectivity index (χ0) is 24.5. The number of benzene rings is 2. The summed E-state index contributed by atoms with van der Waals surface area (Å²) in [4.78, 5) is 51.6. The predicted octanol–water partition coefficient (Wildman–Crippen LogP) is 2.05. The molecule has 2 aromatic carbocycles. The first kappa shape index (κ1) is 22.6. The van der Waals surface area contributed by atoms with E-state index in [0.717, 1.165) is 30.4 Å². The molecule has 10 heteroatoms. The third-order valence-electron chi connectivity index (χ3n) is 6.45. The highest BCUT2D eigenvalue weighted by atomic mass is 16.2.